The molecule has 1 saturated carbocycles. The Morgan fingerprint density at radius 1 is 1.32 bits per heavy atom. The Morgan fingerprint density at radius 2 is 2.00 bits per heavy atom. The smallest absolute Gasteiger partial charge is 0.254 e. The van der Waals surface area contributed by atoms with Crippen LogP contribution in [0, 0.1) is 11.0 Å². The Bertz CT molecular complexity index is 682. The molecule has 0 bridgehead atoms. The van der Waals surface area contributed by atoms with Crippen LogP contribution in [-0.4, -0.2) is 16.8 Å². The van der Waals surface area contributed by atoms with Crippen LogP contribution < -0.4 is 4.73 Å². The summed E-state index contributed by atoms with van der Waals surface area (Å²) in [7, 11) is 0. The summed E-state index contributed by atoms with van der Waals surface area (Å²) in [6, 6.07) is 7.51. The lowest BCUT2D eigenvalue weighted by molar-refractivity contribution is -0.605. The van der Waals surface area contributed by atoms with Gasteiger partial charge in [0.2, 0.25) is 0 Å². The topological polar surface area (TPSA) is 47.2 Å². The molecule has 1 aromatic heterocycles. The molecule has 1 fully saturated rings. The van der Waals surface area contributed by atoms with Crippen LogP contribution in [0.15, 0.2) is 42.7 Å². The van der Waals surface area contributed by atoms with Gasteiger partial charge in [-0.2, -0.15) is 4.73 Å². The average Bonchev–Trinajstić information content (AvgIpc) is 3.32. The first-order chi connectivity index (χ1) is 10.6. The van der Waals surface area contributed by atoms with Crippen molar-refractivity contribution in [3.05, 3.63) is 69.9 Å². The number of rotatable bonds is 4. The normalized spacial score (nSPS) is 13.9. The zero-order valence-corrected chi connectivity index (χ0v) is 12.5. The van der Waals surface area contributed by atoms with Gasteiger partial charge in [0.15, 0.2) is 12.4 Å². The summed E-state index contributed by atoms with van der Waals surface area (Å²) in [5.74, 6) is -0.640. The molecular weight excluding hydrogens is 307 g/mol. The van der Waals surface area contributed by atoms with Crippen molar-refractivity contribution in [1.29, 1.82) is 0 Å². The van der Waals surface area contributed by atoms with Crippen molar-refractivity contribution >= 4 is 17.5 Å². The number of carbonyl (C=O) groups excluding carboxylic acids is 1. The number of carbonyl (C=O) groups is 1. The molecule has 1 aliphatic carbocycles. The van der Waals surface area contributed by atoms with E-state index in [4.69, 9.17) is 11.6 Å². The average molecular weight is 321 g/mol. The molecule has 0 unspecified atom stereocenters. The fourth-order valence-corrected chi connectivity index (χ4v) is 2.55. The lowest BCUT2D eigenvalue weighted by atomic mass is 10.1. The summed E-state index contributed by atoms with van der Waals surface area (Å²) >= 11 is 6.05. The maximum Gasteiger partial charge on any atom is 0.254 e. The van der Waals surface area contributed by atoms with Gasteiger partial charge in [0, 0.05) is 28.8 Å². The molecule has 114 valence electrons. The van der Waals surface area contributed by atoms with Gasteiger partial charge >= 0.3 is 0 Å². The van der Waals surface area contributed by atoms with Gasteiger partial charge in [-0.15, -0.1) is 0 Å². The van der Waals surface area contributed by atoms with E-state index in [2.05, 4.69) is 0 Å². The van der Waals surface area contributed by atoms with Gasteiger partial charge < -0.3 is 10.1 Å². The number of aromatic nitrogens is 1. The molecular formula is C16H14ClFN2O2. The minimum atomic E-state index is -0.420. The summed E-state index contributed by atoms with van der Waals surface area (Å²) < 4.78 is 14.6. The quantitative estimate of drug-likeness (QED) is 0.642. The van der Waals surface area contributed by atoms with Gasteiger partial charge in [0.25, 0.3) is 5.91 Å². The van der Waals surface area contributed by atoms with Crippen LogP contribution in [0.2, 0.25) is 5.02 Å². The minimum absolute atomic E-state index is 0.0998. The van der Waals surface area contributed by atoms with Crippen molar-refractivity contribution < 1.29 is 13.9 Å². The summed E-state index contributed by atoms with van der Waals surface area (Å²) in [6.07, 6.45) is 4.33. The predicted molar refractivity (Wildman–Crippen MR) is 79.7 cm³/mol. The van der Waals surface area contributed by atoms with Gasteiger partial charge in [-0.1, -0.05) is 17.7 Å². The van der Waals surface area contributed by atoms with Crippen LogP contribution in [-0.2, 0) is 6.54 Å². The fraction of sp³-hybridized carbons (Fsp3) is 0.250. The van der Waals surface area contributed by atoms with E-state index >= 15 is 0 Å². The first-order valence-electron chi connectivity index (χ1n) is 6.99. The fourth-order valence-electron chi connectivity index (χ4n) is 2.33. The molecule has 3 rings (SSSR count). The molecule has 2 aromatic rings. The van der Waals surface area contributed by atoms with Gasteiger partial charge in [0.1, 0.15) is 5.82 Å². The third-order valence-electron chi connectivity index (χ3n) is 3.69. The largest absolute Gasteiger partial charge is 0.619 e. The van der Waals surface area contributed by atoms with Gasteiger partial charge in [-0.3, -0.25) is 4.79 Å². The van der Waals surface area contributed by atoms with E-state index in [0.717, 1.165) is 12.8 Å². The van der Waals surface area contributed by atoms with Crippen molar-refractivity contribution in [3.8, 4) is 0 Å². The molecule has 22 heavy (non-hydrogen) atoms. The number of hydrogen-bond donors (Lipinski definition) is 0. The molecule has 0 N–H and O–H groups in total. The maximum atomic E-state index is 13.9. The molecule has 1 aromatic carbocycles. The molecule has 0 radical (unpaired) electrons. The third kappa shape index (κ3) is 3.04. The monoisotopic (exact) mass is 320 g/mol. The van der Waals surface area contributed by atoms with Gasteiger partial charge in [-0.25, -0.2) is 4.39 Å². The van der Waals surface area contributed by atoms with E-state index in [1.54, 1.807) is 11.0 Å². The van der Waals surface area contributed by atoms with Gasteiger partial charge in [0.05, 0.1) is 12.1 Å². The molecule has 6 heteroatoms. The molecule has 4 nitrogen and oxygen atoms in total. The van der Waals surface area contributed by atoms with Crippen LogP contribution in [0.1, 0.15) is 28.8 Å². The third-order valence-corrected chi connectivity index (χ3v) is 4.04. The lowest BCUT2D eigenvalue weighted by Crippen LogP contribution is -2.34. The second kappa shape index (κ2) is 5.93. The van der Waals surface area contributed by atoms with Crippen LogP contribution in [0.4, 0.5) is 4.39 Å². The summed E-state index contributed by atoms with van der Waals surface area (Å²) in [5.41, 5.74) is 0.727. The van der Waals surface area contributed by atoms with E-state index in [1.807, 2.05) is 0 Å². The van der Waals surface area contributed by atoms with E-state index in [9.17, 15) is 14.4 Å². The SMILES string of the molecule is O=C(c1cc[n+]([O-])cc1)N(Cc1c(F)cccc1Cl)C1CC1. The van der Waals surface area contributed by atoms with Crippen molar-refractivity contribution in [3.63, 3.8) is 0 Å². The van der Waals surface area contributed by atoms with Crippen molar-refractivity contribution in [1.82, 2.24) is 4.90 Å². The predicted octanol–water partition coefficient (Wildman–Crippen LogP) is 2.92. The molecule has 1 aliphatic rings. The Morgan fingerprint density at radius 3 is 2.59 bits per heavy atom. The Labute approximate surface area is 132 Å². The van der Waals surface area contributed by atoms with E-state index in [1.165, 1.54) is 36.7 Å². The molecule has 0 spiro atoms. The van der Waals surface area contributed by atoms with E-state index in [0.29, 0.717) is 20.9 Å². The highest BCUT2D eigenvalue weighted by Crippen LogP contribution is 2.31. The van der Waals surface area contributed by atoms with Crippen molar-refractivity contribution in [2.24, 2.45) is 0 Å². The highest BCUT2D eigenvalue weighted by Gasteiger charge is 2.34. The summed E-state index contributed by atoms with van der Waals surface area (Å²) in [6.45, 7) is 0.126. The Hall–Kier alpha value is -2.14. The first-order valence-corrected chi connectivity index (χ1v) is 7.37. The molecule has 1 heterocycles. The second-order valence-electron chi connectivity index (χ2n) is 5.31. The summed E-state index contributed by atoms with van der Waals surface area (Å²) in [5, 5.41) is 11.4. The number of benzene rings is 1. The second-order valence-corrected chi connectivity index (χ2v) is 5.72. The Kier molecular flexibility index (Phi) is 3.98. The lowest BCUT2D eigenvalue weighted by Gasteiger charge is -2.23. The molecule has 0 saturated heterocycles. The number of amides is 1. The zero-order valence-electron chi connectivity index (χ0n) is 11.7. The zero-order chi connectivity index (χ0) is 15.7. The molecule has 1 amide bonds. The Balaban J connectivity index is 1.87. The van der Waals surface area contributed by atoms with Crippen LogP contribution in [0.3, 0.4) is 0 Å². The van der Waals surface area contributed by atoms with Crippen LogP contribution in [0.25, 0.3) is 0 Å². The van der Waals surface area contributed by atoms with Crippen molar-refractivity contribution in [2.45, 2.75) is 25.4 Å². The highest BCUT2D eigenvalue weighted by molar-refractivity contribution is 6.31. The first kappa shape index (κ1) is 14.8. The number of pyridine rings is 1. The molecule has 0 atom stereocenters. The van der Waals surface area contributed by atoms with E-state index in [-0.39, 0.29) is 18.5 Å². The van der Waals surface area contributed by atoms with E-state index < -0.39 is 5.82 Å². The number of halogens is 2. The molecule has 0 aliphatic heterocycles. The summed E-state index contributed by atoms with van der Waals surface area (Å²) in [4.78, 5) is 14.2. The van der Waals surface area contributed by atoms with Crippen molar-refractivity contribution in [2.75, 3.05) is 0 Å². The highest BCUT2D eigenvalue weighted by atomic mass is 35.5. The number of hydrogen-bond acceptors (Lipinski definition) is 2. The standard InChI is InChI=1S/C16H14ClFN2O2/c17-14-2-1-3-15(18)13(14)10-20(12-4-5-12)16(21)11-6-8-19(22)9-7-11/h1-3,6-9,12H,4-5,10H2. The maximum absolute atomic E-state index is 13.9. The van der Waals surface area contributed by atoms with Gasteiger partial charge in [-0.05, 0) is 25.0 Å². The minimum Gasteiger partial charge on any atom is -0.619 e. The van der Waals surface area contributed by atoms with Crippen LogP contribution in [0.5, 0.6) is 0 Å². The van der Waals surface area contributed by atoms with Crippen LogP contribution >= 0.6 is 11.6 Å². The number of nitrogens with zero attached hydrogens (tertiary/aromatic N) is 2.